The summed E-state index contributed by atoms with van der Waals surface area (Å²) in [7, 11) is 1.61. The molecule has 0 bridgehead atoms. The van der Waals surface area contributed by atoms with Gasteiger partial charge in [-0.3, -0.25) is 20.7 Å². The number of H-pyrrole nitrogens is 1. The van der Waals surface area contributed by atoms with Crippen LogP contribution in [0.15, 0.2) is 61.2 Å². The third-order valence-electron chi connectivity index (χ3n) is 4.48. The van der Waals surface area contributed by atoms with Crippen molar-refractivity contribution in [2.24, 2.45) is 5.92 Å². The van der Waals surface area contributed by atoms with Gasteiger partial charge in [-0.25, -0.2) is 0 Å². The molecule has 0 saturated carbocycles. The quantitative estimate of drug-likeness (QED) is 0.504. The number of amides is 1. The Morgan fingerprint density at radius 3 is 2.41 bits per heavy atom. The van der Waals surface area contributed by atoms with Crippen LogP contribution in [0.2, 0.25) is 0 Å². The third-order valence-corrected chi connectivity index (χ3v) is 4.48. The average molecular weight is 390 g/mol. The van der Waals surface area contributed by atoms with Gasteiger partial charge in [0.05, 0.1) is 18.5 Å². The van der Waals surface area contributed by atoms with Gasteiger partial charge in [0.25, 0.3) is 5.91 Å². The van der Waals surface area contributed by atoms with E-state index < -0.39 is 0 Å². The summed E-state index contributed by atoms with van der Waals surface area (Å²) in [4.78, 5) is 12.4. The van der Waals surface area contributed by atoms with Crippen molar-refractivity contribution in [3.63, 3.8) is 0 Å². The van der Waals surface area contributed by atoms with Gasteiger partial charge in [-0.2, -0.15) is 5.10 Å². The van der Waals surface area contributed by atoms with Crippen molar-refractivity contribution in [3.05, 3.63) is 78.0 Å². The summed E-state index contributed by atoms with van der Waals surface area (Å²) in [6.07, 6.45) is 1.04. The molecule has 0 aliphatic carbocycles. The van der Waals surface area contributed by atoms with E-state index in [4.69, 9.17) is 4.74 Å². The average Bonchev–Trinajstić information content (AvgIpc) is 3.22. The first kappa shape index (κ1) is 20.2. The standard InChI is InChI=1S/C23H26N4O2/c1-15(2)13-17-5-7-19(8-6-17)21-14-22(26-25-21)23(28)27-24-16(3)18-9-11-20(29-4)12-10-18/h5-12,14-15,24H,3,13H2,1-2,4H3,(H,25,26)(H,27,28). The predicted octanol–water partition coefficient (Wildman–Crippen LogP) is 4.19. The molecule has 150 valence electrons. The number of hydrazine groups is 1. The molecule has 29 heavy (non-hydrogen) atoms. The van der Waals surface area contributed by atoms with Crippen molar-refractivity contribution < 1.29 is 9.53 Å². The summed E-state index contributed by atoms with van der Waals surface area (Å²) in [5.74, 6) is 1.05. The maximum atomic E-state index is 12.4. The second-order valence-electron chi connectivity index (χ2n) is 7.25. The first-order valence-electron chi connectivity index (χ1n) is 9.50. The Balaban J connectivity index is 1.59. The number of ether oxygens (including phenoxy) is 1. The van der Waals surface area contributed by atoms with Crippen molar-refractivity contribution in [3.8, 4) is 17.0 Å². The predicted molar refractivity (Wildman–Crippen MR) is 115 cm³/mol. The number of benzene rings is 2. The molecule has 0 saturated heterocycles. The molecule has 6 heteroatoms. The molecule has 1 aromatic heterocycles. The highest BCUT2D eigenvalue weighted by Gasteiger charge is 2.11. The Hall–Kier alpha value is -3.54. The van der Waals surface area contributed by atoms with Crippen LogP contribution in [0, 0.1) is 5.92 Å². The molecule has 6 nitrogen and oxygen atoms in total. The van der Waals surface area contributed by atoms with Crippen molar-refractivity contribution in [1.82, 2.24) is 21.0 Å². The lowest BCUT2D eigenvalue weighted by molar-refractivity contribution is 0.0937. The van der Waals surface area contributed by atoms with Gasteiger partial charge in [-0.1, -0.05) is 44.7 Å². The normalized spacial score (nSPS) is 10.6. The Morgan fingerprint density at radius 1 is 1.10 bits per heavy atom. The van der Waals surface area contributed by atoms with Crippen molar-refractivity contribution in [2.75, 3.05) is 7.11 Å². The first-order valence-corrected chi connectivity index (χ1v) is 9.50. The molecule has 0 unspecified atom stereocenters. The molecule has 3 rings (SSSR count). The second kappa shape index (κ2) is 9.10. The zero-order valence-corrected chi connectivity index (χ0v) is 17.0. The van der Waals surface area contributed by atoms with Crippen LogP contribution < -0.4 is 15.6 Å². The first-order chi connectivity index (χ1) is 14.0. The number of hydrogen-bond acceptors (Lipinski definition) is 4. The second-order valence-corrected chi connectivity index (χ2v) is 7.25. The molecule has 0 aliphatic rings. The van der Waals surface area contributed by atoms with E-state index >= 15 is 0 Å². The molecule has 2 aromatic carbocycles. The van der Waals surface area contributed by atoms with E-state index in [1.54, 1.807) is 13.2 Å². The van der Waals surface area contributed by atoms with Crippen molar-refractivity contribution >= 4 is 11.6 Å². The fourth-order valence-corrected chi connectivity index (χ4v) is 2.93. The fourth-order valence-electron chi connectivity index (χ4n) is 2.93. The number of carbonyl (C=O) groups excluding carboxylic acids is 1. The lowest BCUT2D eigenvalue weighted by atomic mass is 10.0. The lowest BCUT2D eigenvalue weighted by Crippen LogP contribution is -2.36. The van der Waals surface area contributed by atoms with Gasteiger partial charge in [0.1, 0.15) is 11.4 Å². The summed E-state index contributed by atoms with van der Waals surface area (Å²) in [5.41, 5.74) is 10.2. The van der Waals surface area contributed by atoms with E-state index in [9.17, 15) is 4.79 Å². The molecule has 0 atom stereocenters. The minimum atomic E-state index is -0.324. The van der Waals surface area contributed by atoms with Crippen LogP contribution in [-0.2, 0) is 6.42 Å². The highest BCUT2D eigenvalue weighted by atomic mass is 16.5. The number of nitrogens with one attached hydrogen (secondary N) is 3. The Morgan fingerprint density at radius 2 is 1.79 bits per heavy atom. The topological polar surface area (TPSA) is 79.0 Å². The molecule has 3 aromatic rings. The Kier molecular flexibility index (Phi) is 6.34. The summed E-state index contributed by atoms with van der Waals surface area (Å²) < 4.78 is 5.14. The summed E-state index contributed by atoms with van der Waals surface area (Å²) in [6.45, 7) is 8.33. The molecular weight excluding hydrogens is 364 g/mol. The van der Waals surface area contributed by atoms with E-state index in [1.807, 2.05) is 36.4 Å². The van der Waals surface area contributed by atoms with E-state index in [-0.39, 0.29) is 5.91 Å². The van der Waals surface area contributed by atoms with Crippen LogP contribution in [0.1, 0.15) is 35.5 Å². The van der Waals surface area contributed by atoms with Crippen LogP contribution in [0.4, 0.5) is 0 Å². The number of aromatic nitrogens is 2. The van der Waals surface area contributed by atoms with Gasteiger partial charge in [0.2, 0.25) is 0 Å². The molecule has 0 fully saturated rings. The van der Waals surface area contributed by atoms with Crippen molar-refractivity contribution in [1.29, 1.82) is 0 Å². The number of nitrogens with zero attached hydrogens (tertiary/aromatic N) is 1. The van der Waals surface area contributed by atoms with Gasteiger partial charge in [-0.15, -0.1) is 0 Å². The molecule has 1 amide bonds. The summed E-state index contributed by atoms with van der Waals surface area (Å²) in [6, 6.07) is 17.4. The lowest BCUT2D eigenvalue weighted by Gasteiger charge is -2.11. The number of rotatable bonds is 8. The number of hydrogen-bond donors (Lipinski definition) is 3. The van der Waals surface area contributed by atoms with Crippen LogP contribution in [0.25, 0.3) is 17.0 Å². The maximum Gasteiger partial charge on any atom is 0.287 e. The smallest absolute Gasteiger partial charge is 0.287 e. The fraction of sp³-hybridized carbons (Fsp3) is 0.217. The third kappa shape index (κ3) is 5.25. The largest absolute Gasteiger partial charge is 0.497 e. The van der Waals surface area contributed by atoms with E-state index in [2.05, 4.69) is 53.6 Å². The van der Waals surface area contributed by atoms with Gasteiger partial charge in [0.15, 0.2) is 0 Å². The monoisotopic (exact) mass is 390 g/mol. The minimum absolute atomic E-state index is 0.324. The zero-order chi connectivity index (χ0) is 20.8. The van der Waals surface area contributed by atoms with Crippen LogP contribution in [0.5, 0.6) is 5.75 Å². The Bertz CT molecular complexity index is 973. The molecule has 1 heterocycles. The molecule has 0 spiro atoms. The van der Waals surface area contributed by atoms with Gasteiger partial charge >= 0.3 is 0 Å². The summed E-state index contributed by atoms with van der Waals surface area (Å²) in [5, 5.41) is 7.03. The van der Waals surface area contributed by atoms with Gasteiger partial charge < -0.3 is 4.74 Å². The highest BCUT2D eigenvalue weighted by Crippen LogP contribution is 2.20. The number of methoxy groups -OCH3 is 1. The molecule has 0 radical (unpaired) electrons. The highest BCUT2D eigenvalue weighted by molar-refractivity contribution is 5.93. The maximum absolute atomic E-state index is 12.4. The molecule has 0 aliphatic heterocycles. The van der Waals surface area contributed by atoms with Crippen molar-refractivity contribution in [2.45, 2.75) is 20.3 Å². The SMILES string of the molecule is C=C(NNC(=O)c1cc(-c2ccc(CC(C)C)cc2)n[nH]1)c1ccc(OC)cc1. The van der Waals surface area contributed by atoms with E-state index in [0.29, 0.717) is 17.3 Å². The van der Waals surface area contributed by atoms with Crippen LogP contribution in [0.3, 0.4) is 0 Å². The number of carbonyl (C=O) groups is 1. The van der Waals surface area contributed by atoms with Gasteiger partial charge in [-0.05, 0) is 53.8 Å². The van der Waals surface area contributed by atoms with E-state index in [0.717, 1.165) is 29.0 Å². The van der Waals surface area contributed by atoms with Crippen LogP contribution in [-0.4, -0.2) is 23.2 Å². The van der Waals surface area contributed by atoms with Gasteiger partial charge in [0, 0.05) is 5.56 Å². The molecule has 3 N–H and O–H groups in total. The molecular formula is C23H26N4O2. The van der Waals surface area contributed by atoms with Crippen LogP contribution >= 0.6 is 0 Å². The minimum Gasteiger partial charge on any atom is -0.497 e. The summed E-state index contributed by atoms with van der Waals surface area (Å²) >= 11 is 0. The number of aromatic amines is 1. The van der Waals surface area contributed by atoms with E-state index in [1.165, 1.54) is 5.56 Å². The Labute approximate surface area is 171 Å². The zero-order valence-electron chi connectivity index (χ0n) is 17.0.